The molecule has 4 aromatic rings. The average Bonchev–Trinajstić information content (AvgIpc) is 2.80. The molecule has 1 N–H and O–H groups in total. The fourth-order valence-electron chi connectivity index (χ4n) is 3.07. The van der Waals surface area contributed by atoms with Crippen LogP contribution in [-0.2, 0) is 6.54 Å². The summed E-state index contributed by atoms with van der Waals surface area (Å²) in [4.78, 5) is 21.0. The third-order valence-corrected chi connectivity index (χ3v) is 4.64. The number of ether oxygens (including phenoxy) is 1. The Balaban J connectivity index is 1.43. The molecule has 0 saturated carbocycles. The summed E-state index contributed by atoms with van der Waals surface area (Å²) >= 11 is 0. The Labute approximate surface area is 179 Å². The second kappa shape index (κ2) is 9.17. The molecule has 0 aliphatic rings. The van der Waals surface area contributed by atoms with Gasteiger partial charge < -0.3 is 10.1 Å². The van der Waals surface area contributed by atoms with Crippen LogP contribution in [-0.4, -0.2) is 15.9 Å². The average molecular weight is 413 g/mol. The van der Waals surface area contributed by atoms with Crippen molar-refractivity contribution < 1.29 is 13.9 Å². The Hall–Kier alpha value is -4.06. The number of rotatable bonds is 6. The number of aromatic nitrogens is 2. The number of amides is 1. The topological polar surface area (TPSA) is 64.1 Å². The first-order valence-corrected chi connectivity index (χ1v) is 9.76. The molecule has 1 heterocycles. The molecule has 0 fully saturated rings. The molecule has 5 nitrogen and oxygen atoms in total. The molecule has 3 aromatic carbocycles. The minimum absolute atomic E-state index is 0.152. The number of hydrogen-bond acceptors (Lipinski definition) is 4. The zero-order chi connectivity index (χ0) is 21.6. The molecular formula is C25H20FN3O2. The number of nitrogens with zero attached hydrogens (tertiary/aromatic N) is 2. The Kier molecular flexibility index (Phi) is 5.98. The van der Waals surface area contributed by atoms with Gasteiger partial charge in [0.05, 0.1) is 0 Å². The summed E-state index contributed by atoms with van der Waals surface area (Å²) in [7, 11) is 0. The molecule has 31 heavy (non-hydrogen) atoms. The maximum absolute atomic E-state index is 13.0. The number of carbonyl (C=O) groups is 1. The molecule has 1 aromatic heterocycles. The second-order valence-electron chi connectivity index (χ2n) is 7.06. The molecule has 0 bridgehead atoms. The predicted molar refractivity (Wildman–Crippen MR) is 116 cm³/mol. The van der Waals surface area contributed by atoms with Crippen LogP contribution in [0.4, 0.5) is 4.39 Å². The zero-order valence-corrected chi connectivity index (χ0v) is 16.9. The van der Waals surface area contributed by atoms with Gasteiger partial charge in [0, 0.05) is 30.1 Å². The van der Waals surface area contributed by atoms with Crippen molar-refractivity contribution in [3.63, 3.8) is 0 Å². The molecule has 0 saturated heterocycles. The van der Waals surface area contributed by atoms with Gasteiger partial charge in [-0.3, -0.25) is 4.79 Å². The van der Waals surface area contributed by atoms with Crippen molar-refractivity contribution in [2.75, 3.05) is 0 Å². The summed E-state index contributed by atoms with van der Waals surface area (Å²) in [6.45, 7) is 2.48. The van der Waals surface area contributed by atoms with Crippen LogP contribution in [0, 0.1) is 12.7 Å². The zero-order valence-electron chi connectivity index (χ0n) is 16.9. The molecule has 154 valence electrons. The van der Waals surface area contributed by atoms with Gasteiger partial charge in [-0.2, -0.15) is 0 Å². The minimum atomic E-state index is -0.341. The Morgan fingerprint density at radius 2 is 1.68 bits per heavy atom. The van der Waals surface area contributed by atoms with Crippen LogP contribution in [0.1, 0.15) is 21.5 Å². The largest absolute Gasteiger partial charge is 0.424 e. The highest BCUT2D eigenvalue weighted by Gasteiger charge is 2.09. The molecule has 1 amide bonds. The van der Waals surface area contributed by atoms with E-state index in [0.29, 0.717) is 17.9 Å². The lowest BCUT2D eigenvalue weighted by Crippen LogP contribution is -2.22. The van der Waals surface area contributed by atoms with Crippen LogP contribution < -0.4 is 10.1 Å². The van der Waals surface area contributed by atoms with E-state index in [2.05, 4.69) is 15.3 Å². The molecule has 0 atom stereocenters. The van der Waals surface area contributed by atoms with Crippen LogP contribution in [0.5, 0.6) is 11.8 Å². The first-order valence-electron chi connectivity index (χ1n) is 9.76. The van der Waals surface area contributed by atoms with Gasteiger partial charge in [-0.25, -0.2) is 14.4 Å². The van der Waals surface area contributed by atoms with E-state index in [1.54, 1.807) is 24.5 Å². The molecule has 0 radical (unpaired) electrons. The summed E-state index contributed by atoms with van der Waals surface area (Å²) < 4.78 is 18.5. The fourth-order valence-corrected chi connectivity index (χ4v) is 3.07. The van der Waals surface area contributed by atoms with Crippen molar-refractivity contribution >= 4 is 5.91 Å². The van der Waals surface area contributed by atoms with Crippen LogP contribution >= 0.6 is 0 Å². The summed E-state index contributed by atoms with van der Waals surface area (Å²) in [5.74, 6) is -0.0478. The van der Waals surface area contributed by atoms with Crippen LogP contribution in [0.3, 0.4) is 0 Å². The highest BCUT2D eigenvalue weighted by Crippen LogP contribution is 2.22. The Bertz CT molecular complexity index is 1190. The number of benzene rings is 3. The molecule has 0 unspecified atom stereocenters. The summed E-state index contributed by atoms with van der Waals surface area (Å²) in [5, 5.41) is 2.94. The predicted octanol–water partition coefficient (Wildman–Crippen LogP) is 5.31. The lowest BCUT2D eigenvalue weighted by atomic mass is 10.1. The van der Waals surface area contributed by atoms with Crippen LogP contribution in [0.2, 0.25) is 0 Å². The maximum Gasteiger partial charge on any atom is 0.321 e. The SMILES string of the molecule is Cc1cccc(CNC(=O)c2cccc(-c3cnc(Oc4ccc(F)cc4)nc3)c2)c1. The van der Waals surface area contributed by atoms with Crippen molar-refractivity contribution in [3.8, 4) is 22.9 Å². The van der Waals surface area contributed by atoms with E-state index < -0.39 is 0 Å². The van der Waals surface area contributed by atoms with E-state index in [-0.39, 0.29) is 17.7 Å². The standard InChI is InChI=1S/C25H20FN3O2/c1-17-4-2-5-18(12-17)14-27-24(30)20-7-3-6-19(13-20)21-15-28-25(29-16-21)31-23-10-8-22(26)9-11-23/h2-13,15-16H,14H2,1H3,(H,27,30). The van der Waals surface area contributed by atoms with E-state index >= 15 is 0 Å². The van der Waals surface area contributed by atoms with Crippen molar-refractivity contribution in [1.29, 1.82) is 0 Å². The van der Waals surface area contributed by atoms with Crippen molar-refractivity contribution in [1.82, 2.24) is 15.3 Å². The van der Waals surface area contributed by atoms with Gasteiger partial charge in [0.25, 0.3) is 5.91 Å². The lowest BCUT2D eigenvalue weighted by Gasteiger charge is -2.08. The number of halogens is 1. The van der Waals surface area contributed by atoms with E-state index in [4.69, 9.17) is 4.74 Å². The highest BCUT2D eigenvalue weighted by molar-refractivity contribution is 5.95. The minimum Gasteiger partial charge on any atom is -0.424 e. The number of aryl methyl sites for hydroxylation is 1. The maximum atomic E-state index is 13.0. The van der Waals surface area contributed by atoms with Gasteiger partial charge >= 0.3 is 6.01 Å². The third-order valence-electron chi connectivity index (χ3n) is 4.64. The monoisotopic (exact) mass is 413 g/mol. The van der Waals surface area contributed by atoms with Gasteiger partial charge in [0.2, 0.25) is 0 Å². The third kappa shape index (κ3) is 5.30. The normalized spacial score (nSPS) is 10.5. The highest BCUT2D eigenvalue weighted by atomic mass is 19.1. The lowest BCUT2D eigenvalue weighted by molar-refractivity contribution is 0.0951. The Morgan fingerprint density at radius 1 is 0.935 bits per heavy atom. The van der Waals surface area contributed by atoms with E-state index in [1.165, 1.54) is 24.3 Å². The van der Waals surface area contributed by atoms with Gasteiger partial charge in [-0.1, -0.05) is 42.0 Å². The Morgan fingerprint density at radius 3 is 2.42 bits per heavy atom. The second-order valence-corrected chi connectivity index (χ2v) is 7.06. The molecular weight excluding hydrogens is 393 g/mol. The van der Waals surface area contributed by atoms with E-state index in [0.717, 1.165) is 22.3 Å². The van der Waals surface area contributed by atoms with Crippen molar-refractivity contribution in [3.05, 3.63) is 108 Å². The van der Waals surface area contributed by atoms with Crippen molar-refractivity contribution in [2.24, 2.45) is 0 Å². The molecule has 0 spiro atoms. The summed E-state index contributed by atoms with van der Waals surface area (Å²) in [6.07, 6.45) is 3.24. The van der Waals surface area contributed by atoms with E-state index in [1.807, 2.05) is 43.3 Å². The summed E-state index contributed by atoms with van der Waals surface area (Å²) in [6, 6.07) is 21.1. The molecule has 0 aliphatic heterocycles. The van der Waals surface area contributed by atoms with Crippen molar-refractivity contribution in [2.45, 2.75) is 13.5 Å². The van der Waals surface area contributed by atoms with Gasteiger partial charge in [0.1, 0.15) is 11.6 Å². The number of hydrogen-bond donors (Lipinski definition) is 1. The van der Waals surface area contributed by atoms with Gasteiger partial charge in [-0.05, 0) is 54.4 Å². The number of nitrogens with one attached hydrogen (secondary N) is 1. The first-order chi connectivity index (χ1) is 15.1. The van der Waals surface area contributed by atoms with Crippen LogP contribution in [0.15, 0.2) is 85.2 Å². The molecule has 0 aliphatic carbocycles. The molecule has 6 heteroatoms. The number of carbonyl (C=O) groups excluding carboxylic acids is 1. The smallest absolute Gasteiger partial charge is 0.321 e. The van der Waals surface area contributed by atoms with Gasteiger partial charge in [0.15, 0.2) is 0 Å². The van der Waals surface area contributed by atoms with E-state index in [9.17, 15) is 9.18 Å². The summed E-state index contributed by atoms with van der Waals surface area (Å²) in [5.41, 5.74) is 4.32. The van der Waals surface area contributed by atoms with Gasteiger partial charge in [-0.15, -0.1) is 0 Å². The molecule has 4 rings (SSSR count). The van der Waals surface area contributed by atoms with Crippen LogP contribution in [0.25, 0.3) is 11.1 Å². The quantitative estimate of drug-likeness (QED) is 0.465. The first kappa shape index (κ1) is 20.2. The fraction of sp³-hybridized carbons (Fsp3) is 0.0800.